The van der Waals surface area contributed by atoms with E-state index in [2.05, 4.69) is 5.32 Å². The van der Waals surface area contributed by atoms with Crippen LogP contribution >= 0.6 is 34.8 Å². The molecule has 0 aliphatic heterocycles. The van der Waals surface area contributed by atoms with E-state index in [0.717, 1.165) is 6.26 Å². The van der Waals surface area contributed by atoms with Crippen LogP contribution in [0.2, 0.25) is 15.1 Å². The second-order valence-corrected chi connectivity index (χ2v) is 11.9. The van der Waals surface area contributed by atoms with Gasteiger partial charge in [-0.05, 0) is 57.0 Å². The van der Waals surface area contributed by atoms with Gasteiger partial charge < -0.3 is 10.2 Å². The third-order valence-electron chi connectivity index (χ3n) is 5.46. The molecule has 0 fully saturated rings. The molecule has 2 aromatic rings. The minimum atomic E-state index is -3.61. The molecule has 0 saturated carbocycles. The van der Waals surface area contributed by atoms with Crippen LogP contribution in [0.15, 0.2) is 42.5 Å². The zero-order chi connectivity index (χ0) is 27.0. The Labute approximate surface area is 228 Å². The lowest BCUT2D eigenvalue weighted by Gasteiger charge is -2.32. The Kier molecular flexibility index (Phi) is 11.3. The standard InChI is InChI=1S/C25H32Cl3N3O4S/c1-5-23(25(33)29-17(2)3)30(16-20-21(27)11-7-12-22(20)28)24(32)13-8-14-31(36(4,34)35)19-10-6-9-18(26)15-19/h6-7,9-12,15,17,23H,5,8,13-14,16H2,1-4H3,(H,29,33)/t23-/m0/s1. The molecule has 0 bridgehead atoms. The van der Waals surface area contributed by atoms with Crippen molar-refractivity contribution in [3.63, 3.8) is 0 Å². The molecule has 11 heteroatoms. The molecule has 0 radical (unpaired) electrons. The molecule has 0 aromatic heterocycles. The topological polar surface area (TPSA) is 86.8 Å². The summed E-state index contributed by atoms with van der Waals surface area (Å²) in [4.78, 5) is 27.9. The largest absolute Gasteiger partial charge is 0.352 e. The van der Waals surface area contributed by atoms with E-state index in [1.165, 1.54) is 9.21 Å². The van der Waals surface area contributed by atoms with Gasteiger partial charge in [0.2, 0.25) is 21.8 Å². The van der Waals surface area contributed by atoms with Crippen LogP contribution < -0.4 is 9.62 Å². The van der Waals surface area contributed by atoms with Gasteiger partial charge in [0.05, 0.1) is 11.9 Å². The van der Waals surface area contributed by atoms with Gasteiger partial charge in [0.1, 0.15) is 6.04 Å². The highest BCUT2D eigenvalue weighted by atomic mass is 35.5. The van der Waals surface area contributed by atoms with Crippen LogP contribution in [0.3, 0.4) is 0 Å². The minimum Gasteiger partial charge on any atom is -0.352 e. The number of sulfonamides is 1. The van der Waals surface area contributed by atoms with Crippen LogP contribution in [0, 0.1) is 0 Å². The van der Waals surface area contributed by atoms with Crippen molar-refractivity contribution in [2.75, 3.05) is 17.1 Å². The highest BCUT2D eigenvalue weighted by Gasteiger charge is 2.30. The lowest BCUT2D eigenvalue weighted by Crippen LogP contribution is -2.50. The highest BCUT2D eigenvalue weighted by molar-refractivity contribution is 7.92. The summed E-state index contributed by atoms with van der Waals surface area (Å²) in [6, 6.07) is 10.7. The molecule has 0 saturated heterocycles. The summed E-state index contributed by atoms with van der Waals surface area (Å²) in [7, 11) is -3.61. The fourth-order valence-corrected chi connectivity index (χ4v) is 5.45. The van der Waals surface area contributed by atoms with Crippen molar-refractivity contribution < 1.29 is 18.0 Å². The molecular weight excluding hydrogens is 545 g/mol. The third kappa shape index (κ3) is 8.54. The maximum absolute atomic E-state index is 13.5. The van der Waals surface area contributed by atoms with E-state index in [0.29, 0.717) is 32.7 Å². The fourth-order valence-electron chi connectivity index (χ4n) is 3.79. The van der Waals surface area contributed by atoms with Crippen LogP contribution in [0.4, 0.5) is 5.69 Å². The summed E-state index contributed by atoms with van der Waals surface area (Å²) in [5.74, 6) is -0.586. The summed E-state index contributed by atoms with van der Waals surface area (Å²) >= 11 is 18.8. The first-order valence-electron chi connectivity index (χ1n) is 11.6. The summed E-state index contributed by atoms with van der Waals surface area (Å²) in [6.45, 7) is 5.63. The molecular formula is C25H32Cl3N3O4S. The number of rotatable bonds is 12. The summed E-state index contributed by atoms with van der Waals surface area (Å²) in [5, 5.41) is 4.06. The number of amides is 2. The van der Waals surface area contributed by atoms with Gasteiger partial charge in [0, 0.05) is 46.2 Å². The molecule has 2 aromatic carbocycles. The lowest BCUT2D eigenvalue weighted by atomic mass is 10.1. The SMILES string of the molecule is CC[C@@H](C(=O)NC(C)C)N(Cc1c(Cl)cccc1Cl)C(=O)CCCN(c1cccc(Cl)c1)S(C)(=O)=O. The second kappa shape index (κ2) is 13.5. The van der Waals surface area contributed by atoms with Crippen molar-refractivity contribution in [2.45, 2.75) is 58.7 Å². The number of carbonyl (C=O) groups excluding carboxylic acids is 2. The Morgan fingerprint density at radius 3 is 2.17 bits per heavy atom. The molecule has 1 atom stereocenters. The summed E-state index contributed by atoms with van der Waals surface area (Å²) in [6.07, 6.45) is 1.72. The average Bonchev–Trinajstić information content (AvgIpc) is 2.77. The van der Waals surface area contributed by atoms with Crippen molar-refractivity contribution in [3.8, 4) is 0 Å². The smallest absolute Gasteiger partial charge is 0.243 e. The van der Waals surface area contributed by atoms with E-state index >= 15 is 0 Å². The van der Waals surface area contributed by atoms with Gasteiger partial charge >= 0.3 is 0 Å². The Morgan fingerprint density at radius 2 is 1.64 bits per heavy atom. The number of nitrogens with zero attached hydrogens (tertiary/aromatic N) is 2. The first-order valence-corrected chi connectivity index (χ1v) is 14.6. The summed E-state index contributed by atoms with van der Waals surface area (Å²) < 4.78 is 26.1. The number of halogens is 3. The molecule has 2 rings (SSSR count). The normalized spacial score (nSPS) is 12.3. The molecule has 0 aliphatic carbocycles. The number of hydrogen-bond acceptors (Lipinski definition) is 4. The first kappa shape index (κ1) is 30.2. The maximum Gasteiger partial charge on any atom is 0.243 e. The van der Waals surface area contributed by atoms with Gasteiger partial charge in [0.15, 0.2) is 0 Å². The maximum atomic E-state index is 13.5. The van der Waals surface area contributed by atoms with Crippen LogP contribution in [0.25, 0.3) is 0 Å². The molecule has 36 heavy (non-hydrogen) atoms. The van der Waals surface area contributed by atoms with Crippen molar-refractivity contribution in [2.24, 2.45) is 0 Å². The van der Waals surface area contributed by atoms with E-state index in [9.17, 15) is 18.0 Å². The van der Waals surface area contributed by atoms with Gasteiger partial charge in [-0.25, -0.2) is 8.42 Å². The number of benzene rings is 2. The Bertz CT molecular complexity index is 1150. The quantitative estimate of drug-likeness (QED) is 0.360. The predicted octanol–water partition coefficient (Wildman–Crippen LogP) is 5.53. The number of nitrogens with one attached hydrogen (secondary N) is 1. The first-order chi connectivity index (χ1) is 16.8. The fraction of sp³-hybridized carbons (Fsp3) is 0.440. The van der Waals surface area contributed by atoms with Crippen LogP contribution in [0.5, 0.6) is 0 Å². The van der Waals surface area contributed by atoms with Crippen molar-refractivity contribution >= 4 is 62.3 Å². The summed E-state index contributed by atoms with van der Waals surface area (Å²) in [5.41, 5.74) is 0.960. The average molecular weight is 577 g/mol. The lowest BCUT2D eigenvalue weighted by molar-refractivity contribution is -0.141. The predicted molar refractivity (Wildman–Crippen MR) is 147 cm³/mol. The molecule has 0 aliphatic rings. The van der Waals surface area contributed by atoms with E-state index in [1.807, 2.05) is 20.8 Å². The molecule has 198 valence electrons. The number of anilines is 1. The van der Waals surface area contributed by atoms with E-state index in [-0.39, 0.29) is 43.8 Å². The van der Waals surface area contributed by atoms with Gasteiger partial charge in [-0.15, -0.1) is 0 Å². The third-order valence-corrected chi connectivity index (χ3v) is 7.59. The van der Waals surface area contributed by atoms with Crippen LogP contribution in [-0.4, -0.2) is 50.0 Å². The Hall–Kier alpha value is -2.00. The van der Waals surface area contributed by atoms with Crippen molar-refractivity contribution in [1.29, 1.82) is 0 Å². The highest BCUT2D eigenvalue weighted by Crippen LogP contribution is 2.28. The Balaban J connectivity index is 2.28. The zero-order valence-electron chi connectivity index (χ0n) is 20.8. The molecule has 0 unspecified atom stereocenters. The molecule has 1 N–H and O–H groups in total. The van der Waals surface area contributed by atoms with Crippen LogP contribution in [0.1, 0.15) is 45.6 Å². The van der Waals surface area contributed by atoms with E-state index in [1.54, 1.807) is 42.5 Å². The van der Waals surface area contributed by atoms with Crippen molar-refractivity contribution in [1.82, 2.24) is 10.2 Å². The van der Waals surface area contributed by atoms with E-state index < -0.39 is 16.1 Å². The Morgan fingerprint density at radius 1 is 1.03 bits per heavy atom. The minimum absolute atomic E-state index is 0.0140. The van der Waals surface area contributed by atoms with Gasteiger partial charge in [-0.1, -0.05) is 53.9 Å². The van der Waals surface area contributed by atoms with Crippen molar-refractivity contribution in [3.05, 3.63) is 63.1 Å². The molecule has 2 amide bonds. The molecule has 0 spiro atoms. The number of carbonyl (C=O) groups is 2. The second-order valence-electron chi connectivity index (χ2n) is 8.73. The number of hydrogen-bond donors (Lipinski definition) is 1. The van der Waals surface area contributed by atoms with Gasteiger partial charge in [0.25, 0.3) is 0 Å². The van der Waals surface area contributed by atoms with E-state index in [4.69, 9.17) is 34.8 Å². The zero-order valence-corrected chi connectivity index (χ0v) is 23.9. The molecule has 7 nitrogen and oxygen atoms in total. The van der Waals surface area contributed by atoms with Crippen LogP contribution in [-0.2, 0) is 26.2 Å². The monoisotopic (exact) mass is 575 g/mol. The molecule has 0 heterocycles. The van der Waals surface area contributed by atoms with Gasteiger partial charge in [-0.3, -0.25) is 13.9 Å². The van der Waals surface area contributed by atoms with Gasteiger partial charge in [-0.2, -0.15) is 0 Å².